The molecule has 0 saturated carbocycles. The molecule has 0 bridgehead atoms. The van der Waals surface area contributed by atoms with Gasteiger partial charge in [-0.05, 0) is 42.8 Å². The minimum Gasteiger partial charge on any atom is -0.464 e. The number of nitrogens with zero attached hydrogens (tertiary/aromatic N) is 3. The number of rotatable bonds is 4. The van der Waals surface area contributed by atoms with E-state index in [9.17, 15) is 14.7 Å². The van der Waals surface area contributed by atoms with Crippen LogP contribution in [0.2, 0.25) is 0 Å². The van der Waals surface area contributed by atoms with Crippen LogP contribution in [0.5, 0.6) is 0 Å². The van der Waals surface area contributed by atoms with Crippen molar-refractivity contribution in [3.8, 4) is 5.69 Å². The maximum atomic E-state index is 13.2. The molecule has 0 amide bonds. The van der Waals surface area contributed by atoms with E-state index in [2.05, 4.69) is 6.92 Å². The molecular weight excluding hydrogens is 342 g/mol. The summed E-state index contributed by atoms with van der Waals surface area (Å²) in [5.74, 6) is 0.720. The van der Waals surface area contributed by atoms with Gasteiger partial charge in [-0.25, -0.2) is 9.78 Å². The lowest BCUT2D eigenvalue weighted by atomic mass is 10.1. The molecule has 0 aliphatic rings. The lowest BCUT2D eigenvalue weighted by molar-refractivity contribution is 0.197. The first-order chi connectivity index (χ1) is 13.1. The molecule has 4 rings (SSSR count). The van der Waals surface area contributed by atoms with Crippen LogP contribution in [0, 0.1) is 0 Å². The van der Waals surface area contributed by atoms with Crippen LogP contribution in [0.1, 0.15) is 25.6 Å². The summed E-state index contributed by atoms with van der Waals surface area (Å²) >= 11 is 0. The van der Waals surface area contributed by atoms with Gasteiger partial charge in [0.15, 0.2) is 0 Å². The topological polar surface area (TPSA) is 77.1 Å². The van der Waals surface area contributed by atoms with Gasteiger partial charge in [0.1, 0.15) is 5.82 Å². The molecule has 0 atom stereocenters. The van der Waals surface area contributed by atoms with Crippen molar-refractivity contribution in [1.82, 2.24) is 14.1 Å². The van der Waals surface area contributed by atoms with Crippen molar-refractivity contribution in [2.45, 2.75) is 26.2 Å². The number of aryl methyl sites for hydroxylation is 1. The second kappa shape index (κ2) is 6.72. The summed E-state index contributed by atoms with van der Waals surface area (Å²) in [7, 11) is 0. The SMILES string of the molecule is CCCCc1nc2ccccc2c(=O)n1-c1ccc2c(ccn2C(=O)O)c1. The van der Waals surface area contributed by atoms with E-state index in [-0.39, 0.29) is 5.56 Å². The zero-order valence-electron chi connectivity index (χ0n) is 14.9. The van der Waals surface area contributed by atoms with Crippen molar-refractivity contribution in [1.29, 1.82) is 0 Å². The van der Waals surface area contributed by atoms with E-state index in [0.29, 0.717) is 28.5 Å². The Hall–Kier alpha value is -3.41. The molecule has 0 aliphatic heterocycles. The predicted octanol–water partition coefficient (Wildman–Crippen LogP) is 4.21. The average molecular weight is 361 g/mol. The summed E-state index contributed by atoms with van der Waals surface area (Å²) in [5, 5.41) is 10.6. The third kappa shape index (κ3) is 2.89. The standard InChI is InChI=1S/C21H19N3O3/c1-2-3-8-19-22-17-7-5-4-6-16(17)20(25)24(19)15-9-10-18-14(13-15)11-12-23(18)21(26)27/h4-7,9-13H,2-3,8H2,1H3,(H,26,27). The number of hydrogen-bond donors (Lipinski definition) is 1. The molecular formula is C21H19N3O3. The molecule has 2 aromatic carbocycles. The minimum absolute atomic E-state index is 0.108. The van der Waals surface area contributed by atoms with Crippen molar-refractivity contribution >= 4 is 27.9 Å². The Kier molecular flexibility index (Phi) is 4.24. The molecule has 136 valence electrons. The van der Waals surface area contributed by atoms with Crippen molar-refractivity contribution in [2.75, 3.05) is 0 Å². The highest BCUT2D eigenvalue weighted by Gasteiger charge is 2.14. The molecule has 27 heavy (non-hydrogen) atoms. The van der Waals surface area contributed by atoms with Crippen LogP contribution in [-0.4, -0.2) is 25.3 Å². The monoisotopic (exact) mass is 361 g/mol. The van der Waals surface area contributed by atoms with Gasteiger partial charge in [0, 0.05) is 18.0 Å². The number of unbranched alkanes of at least 4 members (excludes halogenated alkanes) is 1. The molecule has 0 saturated heterocycles. The van der Waals surface area contributed by atoms with Gasteiger partial charge in [0.2, 0.25) is 0 Å². The van der Waals surface area contributed by atoms with Gasteiger partial charge in [0.25, 0.3) is 5.56 Å². The van der Waals surface area contributed by atoms with Crippen molar-refractivity contribution in [2.24, 2.45) is 0 Å². The summed E-state index contributed by atoms with van der Waals surface area (Å²) in [6, 6.07) is 14.4. The fraction of sp³-hybridized carbons (Fsp3) is 0.190. The van der Waals surface area contributed by atoms with E-state index >= 15 is 0 Å². The van der Waals surface area contributed by atoms with Gasteiger partial charge >= 0.3 is 6.09 Å². The number of carbonyl (C=O) groups is 1. The summed E-state index contributed by atoms with van der Waals surface area (Å²) in [4.78, 5) is 29.2. The lowest BCUT2D eigenvalue weighted by Gasteiger charge is -2.14. The van der Waals surface area contributed by atoms with Crippen molar-refractivity contribution < 1.29 is 9.90 Å². The summed E-state index contributed by atoms with van der Waals surface area (Å²) in [5.41, 5.74) is 1.87. The van der Waals surface area contributed by atoms with Gasteiger partial charge in [0.05, 0.1) is 22.1 Å². The Balaban J connectivity index is 1.96. The van der Waals surface area contributed by atoms with Crippen LogP contribution in [-0.2, 0) is 6.42 Å². The average Bonchev–Trinajstić information content (AvgIpc) is 3.10. The normalized spacial score (nSPS) is 11.3. The van der Waals surface area contributed by atoms with Crippen LogP contribution < -0.4 is 5.56 Å². The Morgan fingerprint density at radius 3 is 2.74 bits per heavy atom. The largest absolute Gasteiger partial charge is 0.464 e. The second-order valence-electron chi connectivity index (χ2n) is 6.50. The maximum Gasteiger partial charge on any atom is 0.415 e. The first kappa shape index (κ1) is 17.0. The predicted molar refractivity (Wildman–Crippen MR) is 105 cm³/mol. The highest BCUT2D eigenvalue weighted by molar-refractivity contribution is 5.90. The van der Waals surface area contributed by atoms with E-state index in [4.69, 9.17) is 4.98 Å². The van der Waals surface area contributed by atoms with Crippen LogP contribution >= 0.6 is 0 Å². The van der Waals surface area contributed by atoms with Crippen LogP contribution in [0.15, 0.2) is 59.5 Å². The minimum atomic E-state index is -1.04. The zero-order chi connectivity index (χ0) is 19.0. The number of para-hydroxylation sites is 1. The van der Waals surface area contributed by atoms with E-state index in [1.165, 1.54) is 10.8 Å². The highest BCUT2D eigenvalue weighted by Crippen LogP contribution is 2.21. The van der Waals surface area contributed by atoms with Gasteiger partial charge in [-0.1, -0.05) is 25.5 Å². The molecule has 0 radical (unpaired) electrons. The second-order valence-corrected chi connectivity index (χ2v) is 6.50. The highest BCUT2D eigenvalue weighted by atomic mass is 16.4. The Morgan fingerprint density at radius 1 is 1.15 bits per heavy atom. The Bertz CT molecular complexity index is 1220. The number of carboxylic acid groups (broad SMARTS) is 1. The number of benzene rings is 2. The third-order valence-corrected chi connectivity index (χ3v) is 4.74. The summed E-state index contributed by atoms with van der Waals surface area (Å²) < 4.78 is 2.81. The van der Waals surface area contributed by atoms with Gasteiger partial charge in [-0.2, -0.15) is 0 Å². The quantitative estimate of drug-likeness (QED) is 0.591. The van der Waals surface area contributed by atoms with E-state index < -0.39 is 6.09 Å². The maximum absolute atomic E-state index is 13.2. The molecule has 4 aromatic rings. The number of hydrogen-bond acceptors (Lipinski definition) is 3. The first-order valence-corrected chi connectivity index (χ1v) is 8.95. The van der Waals surface area contributed by atoms with Crippen LogP contribution in [0.25, 0.3) is 27.5 Å². The first-order valence-electron chi connectivity index (χ1n) is 8.95. The lowest BCUT2D eigenvalue weighted by Crippen LogP contribution is -2.24. The molecule has 2 heterocycles. The fourth-order valence-electron chi connectivity index (χ4n) is 3.38. The molecule has 0 aliphatic carbocycles. The summed E-state index contributed by atoms with van der Waals surface area (Å²) in [6.45, 7) is 2.10. The molecule has 6 heteroatoms. The van der Waals surface area contributed by atoms with Crippen molar-refractivity contribution in [3.63, 3.8) is 0 Å². The van der Waals surface area contributed by atoms with E-state index in [0.717, 1.165) is 24.1 Å². The fourth-order valence-corrected chi connectivity index (χ4v) is 3.38. The van der Waals surface area contributed by atoms with Gasteiger partial charge in [-0.3, -0.25) is 13.9 Å². The van der Waals surface area contributed by atoms with Gasteiger partial charge < -0.3 is 5.11 Å². The number of aromatic nitrogens is 3. The molecule has 0 fully saturated rings. The van der Waals surface area contributed by atoms with Crippen molar-refractivity contribution in [3.05, 3.63) is 70.9 Å². The third-order valence-electron chi connectivity index (χ3n) is 4.74. The Morgan fingerprint density at radius 2 is 1.96 bits per heavy atom. The zero-order valence-corrected chi connectivity index (χ0v) is 14.9. The van der Waals surface area contributed by atoms with Crippen LogP contribution in [0.3, 0.4) is 0 Å². The summed E-state index contributed by atoms with van der Waals surface area (Å²) in [6.07, 6.45) is 3.11. The molecule has 0 unspecified atom stereocenters. The Labute approximate surface area is 155 Å². The van der Waals surface area contributed by atoms with Crippen LogP contribution in [0.4, 0.5) is 4.79 Å². The smallest absolute Gasteiger partial charge is 0.415 e. The molecule has 1 N–H and O–H groups in total. The number of fused-ring (bicyclic) bond motifs is 2. The molecule has 0 spiro atoms. The van der Waals surface area contributed by atoms with E-state index in [1.54, 1.807) is 28.8 Å². The molecule has 2 aromatic heterocycles. The van der Waals surface area contributed by atoms with E-state index in [1.807, 2.05) is 24.3 Å². The molecule has 6 nitrogen and oxygen atoms in total. The van der Waals surface area contributed by atoms with Gasteiger partial charge in [-0.15, -0.1) is 0 Å².